The van der Waals surface area contributed by atoms with Crippen LogP contribution in [0, 0.1) is 0 Å². The molecular formula is C17H21ClN4O2. The van der Waals surface area contributed by atoms with E-state index in [0.29, 0.717) is 22.4 Å². The lowest BCUT2D eigenvalue weighted by Gasteiger charge is -2.11. The SMILES string of the molecule is CC(C)Oc1ccc(/C=N\Nc2nc(C(C)C)cc(=O)[nH]2)cc1Cl. The van der Waals surface area contributed by atoms with Crippen LogP contribution < -0.4 is 15.7 Å². The number of hydrogen-bond donors (Lipinski definition) is 2. The van der Waals surface area contributed by atoms with E-state index in [2.05, 4.69) is 20.5 Å². The number of hydrazone groups is 1. The van der Waals surface area contributed by atoms with E-state index < -0.39 is 0 Å². The van der Waals surface area contributed by atoms with Crippen molar-refractivity contribution in [3.63, 3.8) is 0 Å². The molecule has 1 heterocycles. The summed E-state index contributed by atoms with van der Waals surface area (Å²) in [6, 6.07) is 6.87. The number of H-pyrrole nitrogens is 1. The predicted molar refractivity (Wildman–Crippen MR) is 97.4 cm³/mol. The molecule has 128 valence electrons. The Labute approximate surface area is 145 Å². The first kappa shape index (κ1) is 18.0. The Balaban J connectivity index is 2.09. The molecular weight excluding hydrogens is 328 g/mol. The number of nitrogens with zero attached hydrogens (tertiary/aromatic N) is 2. The second kappa shape index (κ2) is 7.97. The van der Waals surface area contributed by atoms with Gasteiger partial charge in [0.25, 0.3) is 5.56 Å². The zero-order valence-corrected chi connectivity index (χ0v) is 14.9. The average molecular weight is 349 g/mol. The number of nitrogens with one attached hydrogen (secondary N) is 2. The highest BCUT2D eigenvalue weighted by Gasteiger charge is 2.05. The van der Waals surface area contributed by atoms with Crippen molar-refractivity contribution in [1.82, 2.24) is 9.97 Å². The molecule has 0 bridgehead atoms. The van der Waals surface area contributed by atoms with Crippen LogP contribution in [0.3, 0.4) is 0 Å². The molecule has 0 aliphatic carbocycles. The molecule has 0 atom stereocenters. The summed E-state index contributed by atoms with van der Waals surface area (Å²) in [5, 5.41) is 4.59. The highest BCUT2D eigenvalue weighted by atomic mass is 35.5. The Kier molecular flexibility index (Phi) is 5.98. The fourth-order valence-electron chi connectivity index (χ4n) is 1.94. The number of halogens is 1. The first-order valence-corrected chi connectivity index (χ1v) is 8.09. The zero-order chi connectivity index (χ0) is 17.7. The molecule has 24 heavy (non-hydrogen) atoms. The number of ether oxygens (including phenoxy) is 1. The minimum Gasteiger partial charge on any atom is -0.489 e. The highest BCUT2D eigenvalue weighted by Crippen LogP contribution is 2.25. The van der Waals surface area contributed by atoms with E-state index in [1.165, 1.54) is 6.07 Å². The van der Waals surface area contributed by atoms with Gasteiger partial charge in [-0.3, -0.25) is 9.78 Å². The van der Waals surface area contributed by atoms with Crippen LogP contribution in [0.5, 0.6) is 5.75 Å². The Bertz CT molecular complexity index is 784. The van der Waals surface area contributed by atoms with Crippen LogP contribution in [0.15, 0.2) is 34.2 Å². The third-order valence-electron chi connectivity index (χ3n) is 3.06. The van der Waals surface area contributed by atoms with E-state index >= 15 is 0 Å². The van der Waals surface area contributed by atoms with Gasteiger partial charge in [-0.25, -0.2) is 10.4 Å². The molecule has 0 aliphatic rings. The van der Waals surface area contributed by atoms with Gasteiger partial charge in [0, 0.05) is 6.07 Å². The van der Waals surface area contributed by atoms with Crippen molar-refractivity contribution in [2.24, 2.45) is 5.10 Å². The van der Waals surface area contributed by atoms with Gasteiger partial charge in [0.2, 0.25) is 5.95 Å². The van der Waals surface area contributed by atoms with Crippen LogP contribution in [-0.2, 0) is 0 Å². The van der Waals surface area contributed by atoms with Gasteiger partial charge >= 0.3 is 0 Å². The van der Waals surface area contributed by atoms with E-state index in [1.54, 1.807) is 18.3 Å². The summed E-state index contributed by atoms with van der Waals surface area (Å²) in [5.41, 5.74) is 4.01. The highest BCUT2D eigenvalue weighted by molar-refractivity contribution is 6.32. The van der Waals surface area contributed by atoms with Crippen molar-refractivity contribution in [1.29, 1.82) is 0 Å². The van der Waals surface area contributed by atoms with Crippen LogP contribution in [0.4, 0.5) is 5.95 Å². The molecule has 2 N–H and O–H groups in total. The van der Waals surface area contributed by atoms with E-state index in [9.17, 15) is 4.79 Å². The van der Waals surface area contributed by atoms with Crippen LogP contribution in [0.25, 0.3) is 0 Å². The molecule has 0 saturated carbocycles. The number of hydrogen-bond acceptors (Lipinski definition) is 5. The van der Waals surface area contributed by atoms with Crippen LogP contribution in [0.2, 0.25) is 5.02 Å². The van der Waals surface area contributed by atoms with Crippen molar-refractivity contribution in [2.75, 3.05) is 5.43 Å². The summed E-state index contributed by atoms with van der Waals surface area (Å²) in [6.07, 6.45) is 1.65. The molecule has 2 rings (SSSR count). The number of benzene rings is 1. The molecule has 0 amide bonds. The van der Waals surface area contributed by atoms with Crippen LogP contribution in [-0.4, -0.2) is 22.3 Å². The first-order chi connectivity index (χ1) is 11.3. The summed E-state index contributed by atoms with van der Waals surface area (Å²) in [6.45, 7) is 7.82. The van der Waals surface area contributed by atoms with E-state index in [4.69, 9.17) is 16.3 Å². The van der Waals surface area contributed by atoms with Gasteiger partial charge in [-0.2, -0.15) is 5.10 Å². The Morgan fingerprint density at radius 2 is 2.04 bits per heavy atom. The second-order valence-corrected chi connectivity index (χ2v) is 6.31. The van der Waals surface area contributed by atoms with E-state index in [1.807, 2.05) is 33.8 Å². The molecule has 0 unspecified atom stereocenters. The van der Waals surface area contributed by atoms with Crippen LogP contribution >= 0.6 is 11.6 Å². The number of rotatable bonds is 6. The maximum atomic E-state index is 11.6. The van der Waals surface area contributed by atoms with Crippen molar-refractivity contribution < 1.29 is 4.74 Å². The third-order valence-corrected chi connectivity index (χ3v) is 3.35. The lowest BCUT2D eigenvalue weighted by molar-refractivity contribution is 0.242. The van der Waals surface area contributed by atoms with Crippen molar-refractivity contribution in [3.8, 4) is 5.75 Å². The molecule has 0 fully saturated rings. The summed E-state index contributed by atoms with van der Waals surface area (Å²) < 4.78 is 5.58. The lowest BCUT2D eigenvalue weighted by atomic mass is 10.1. The normalized spacial score (nSPS) is 11.5. The molecule has 0 aliphatic heterocycles. The largest absolute Gasteiger partial charge is 0.489 e. The first-order valence-electron chi connectivity index (χ1n) is 7.71. The predicted octanol–water partition coefficient (Wildman–Crippen LogP) is 3.78. The second-order valence-electron chi connectivity index (χ2n) is 5.90. The molecule has 0 spiro atoms. The van der Waals surface area contributed by atoms with Gasteiger partial charge in [0.15, 0.2) is 0 Å². The van der Waals surface area contributed by atoms with Gasteiger partial charge in [0.05, 0.1) is 23.0 Å². The summed E-state index contributed by atoms with van der Waals surface area (Å²) in [7, 11) is 0. The van der Waals surface area contributed by atoms with Crippen molar-refractivity contribution in [3.05, 3.63) is 50.9 Å². The Morgan fingerprint density at radius 1 is 1.29 bits per heavy atom. The van der Waals surface area contributed by atoms with Crippen molar-refractivity contribution in [2.45, 2.75) is 39.7 Å². The van der Waals surface area contributed by atoms with Crippen LogP contribution in [0.1, 0.15) is 44.9 Å². The summed E-state index contributed by atoms with van der Waals surface area (Å²) in [5.74, 6) is 1.09. The smallest absolute Gasteiger partial charge is 0.252 e. The van der Waals surface area contributed by atoms with Gasteiger partial charge < -0.3 is 4.74 Å². The van der Waals surface area contributed by atoms with E-state index in [0.717, 1.165) is 5.56 Å². The fraction of sp³-hybridized carbons (Fsp3) is 0.353. The van der Waals surface area contributed by atoms with Gasteiger partial charge in [-0.05, 0) is 43.5 Å². The number of aromatic amines is 1. The Morgan fingerprint density at radius 3 is 2.67 bits per heavy atom. The van der Waals surface area contributed by atoms with Gasteiger partial charge in [-0.15, -0.1) is 0 Å². The molecule has 0 saturated heterocycles. The molecule has 1 aromatic carbocycles. The summed E-state index contributed by atoms with van der Waals surface area (Å²) >= 11 is 6.18. The minimum absolute atomic E-state index is 0.0554. The van der Waals surface area contributed by atoms with E-state index in [-0.39, 0.29) is 17.6 Å². The monoisotopic (exact) mass is 348 g/mol. The summed E-state index contributed by atoms with van der Waals surface area (Å²) in [4.78, 5) is 18.5. The quantitative estimate of drug-likeness (QED) is 0.615. The zero-order valence-electron chi connectivity index (χ0n) is 14.1. The standard InChI is InChI=1S/C17H21ClN4O2/c1-10(2)14-8-16(23)21-17(20-14)22-19-9-12-5-6-15(13(18)7-12)24-11(3)4/h5-11H,1-4H3,(H2,20,21,22,23)/b19-9-. The minimum atomic E-state index is -0.218. The molecule has 6 nitrogen and oxygen atoms in total. The number of aromatic nitrogens is 2. The third kappa shape index (κ3) is 5.09. The molecule has 0 radical (unpaired) electrons. The Hall–Kier alpha value is -2.34. The molecule has 1 aromatic heterocycles. The lowest BCUT2D eigenvalue weighted by Crippen LogP contribution is -2.12. The molecule has 2 aromatic rings. The topological polar surface area (TPSA) is 79.4 Å². The van der Waals surface area contributed by atoms with Gasteiger partial charge in [-0.1, -0.05) is 25.4 Å². The number of anilines is 1. The fourth-order valence-corrected chi connectivity index (χ4v) is 2.17. The maximum absolute atomic E-state index is 11.6. The molecule has 7 heteroatoms. The maximum Gasteiger partial charge on any atom is 0.252 e. The van der Waals surface area contributed by atoms with Crippen molar-refractivity contribution >= 4 is 23.8 Å². The van der Waals surface area contributed by atoms with Gasteiger partial charge in [0.1, 0.15) is 5.75 Å². The average Bonchev–Trinajstić information content (AvgIpc) is 2.49.